The smallest absolute Gasteiger partial charge is 0.287 e. The number of carbonyl (C=O) groups is 1. The zero-order chi connectivity index (χ0) is 16.1. The van der Waals surface area contributed by atoms with Gasteiger partial charge in [0.15, 0.2) is 0 Å². The van der Waals surface area contributed by atoms with Gasteiger partial charge in [0.05, 0.1) is 11.9 Å². The molecule has 8 heteroatoms. The number of aryl methyl sites for hydroxylation is 1. The number of anilines is 1. The van der Waals surface area contributed by atoms with Gasteiger partial charge in [-0.25, -0.2) is 4.68 Å². The monoisotopic (exact) mass is 384 g/mol. The Morgan fingerprint density at radius 2 is 2.00 bits per heavy atom. The van der Waals surface area contributed by atoms with E-state index in [0.29, 0.717) is 24.3 Å². The Kier molecular flexibility index (Phi) is 5.57. The molecule has 22 heavy (non-hydrogen) atoms. The van der Waals surface area contributed by atoms with E-state index in [0.717, 1.165) is 9.15 Å². The fourth-order valence-corrected chi connectivity index (χ4v) is 2.21. The molecule has 1 heterocycles. The van der Waals surface area contributed by atoms with Crippen LogP contribution in [-0.2, 0) is 7.05 Å². The molecular formula is C14H14BrClN4O2. The highest BCUT2D eigenvalue weighted by Gasteiger charge is 2.07. The number of hydrogen-bond donors (Lipinski definition) is 2. The molecule has 6 nitrogen and oxygen atoms in total. The molecule has 0 spiro atoms. The molecule has 0 radical (unpaired) electrons. The first kappa shape index (κ1) is 16.5. The van der Waals surface area contributed by atoms with Crippen molar-refractivity contribution < 1.29 is 4.79 Å². The first-order valence-corrected chi connectivity index (χ1v) is 7.65. The van der Waals surface area contributed by atoms with Gasteiger partial charge in [-0.15, -0.1) is 0 Å². The molecule has 0 fully saturated rings. The molecule has 0 aliphatic carbocycles. The molecule has 1 amide bonds. The van der Waals surface area contributed by atoms with Gasteiger partial charge in [-0.1, -0.05) is 27.5 Å². The van der Waals surface area contributed by atoms with Crippen molar-refractivity contribution in [2.75, 3.05) is 18.4 Å². The van der Waals surface area contributed by atoms with Crippen LogP contribution in [0, 0.1) is 0 Å². The first-order valence-electron chi connectivity index (χ1n) is 6.48. The van der Waals surface area contributed by atoms with Crippen LogP contribution >= 0.6 is 27.5 Å². The molecule has 0 aliphatic rings. The van der Waals surface area contributed by atoms with Crippen LogP contribution in [0.1, 0.15) is 10.4 Å². The van der Waals surface area contributed by atoms with Gasteiger partial charge in [0.25, 0.3) is 11.5 Å². The molecule has 0 atom stereocenters. The molecule has 0 aliphatic heterocycles. The highest BCUT2D eigenvalue weighted by atomic mass is 79.9. The summed E-state index contributed by atoms with van der Waals surface area (Å²) in [5, 5.41) is 9.69. The molecular weight excluding hydrogens is 372 g/mol. The van der Waals surface area contributed by atoms with Crippen molar-refractivity contribution in [1.29, 1.82) is 0 Å². The fourth-order valence-electron chi connectivity index (χ4n) is 1.71. The molecule has 116 valence electrons. The molecule has 2 N–H and O–H groups in total. The van der Waals surface area contributed by atoms with E-state index in [1.165, 1.54) is 13.2 Å². The van der Waals surface area contributed by atoms with E-state index < -0.39 is 0 Å². The highest BCUT2D eigenvalue weighted by Crippen LogP contribution is 2.14. The number of carbonyl (C=O) groups excluding carboxylic acids is 1. The summed E-state index contributed by atoms with van der Waals surface area (Å²) in [6, 6.07) is 7.07. The van der Waals surface area contributed by atoms with Crippen LogP contribution in [0.3, 0.4) is 0 Å². The Hall–Kier alpha value is -1.86. The minimum Gasteiger partial charge on any atom is -0.381 e. The van der Waals surface area contributed by atoms with Gasteiger partial charge in [-0.05, 0) is 24.3 Å². The fraction of sp³-hybridized carbons (Fsp3) is 0.214. The Morgan fingerprint density at radius 1 is 1.32 bits per heavy atom. The van der Waals surface area contributed by atoms with Crippen LogP contribution in [0.5, 0.6) is 0 Å². The largest absolute Gasteiger partial charge is 0.381 e. The SMILES string of the molecule is Cn1ncc(NCCNC(=O)c2ccc(Br)cc2)c(Cl)c1=O. The molecule has 1 aromatic carbocycles. The summed E-state index contributed by atoms with van der Waals surface area (Å²) in [4.78, 5) is 23.5. The van der Waals surface area contributed by atoms with Crippen LogP contribution in [0.2, 0.25) is 5.02 Å². The topological polar surface area (TPSA) is 76.0 Å². The molecule has 0 saturated carbocycles. The number of halogens is 2. The van der Waals surface area contributed by atoms with E-state index >= 15 is 0 Å². The second-order valence-corrected chi connectivity index (χ2v) is 5.78. The van der Waals surface area contributed by atoms with E-state index in [1.54, 1.807) is 24.3 Å². The maximum absolute atomic E-state index is 11.9. The predicted molar refractivity (Wildman–Crippen MR) is 89.5 cm³/mol. The minimum atomic E-state index is -0.370. The molecule has 0 saturated heterocycles. The average Bonchev–Trinajstić information content (AvgIpc) is 2.51. The van der Waals surface area contributed by atoms with Crippen LogP contribution in [0.15, 0.2) is 39.7 Å². The van der Waals surface area contributed by atoms with Crippen molar-refractivity contribution >= 4 is 39.1 Å². The lowest BCUT2D eigenvalue weighted by Crippen LogP contribution is -2.29. The Balaban J connectivity index is 1.85. The molecule has 0 unspecified atom stereocenters. The summed E-state index contributed by atoms with van der Waals surface area (Å²) in [6.07, 6.45) is 1.47. The van der Waals surface area contributed by atoms with Crippen molar-refractivity contribution in [3.63, 3.8) is 0 Å². The van der Waals surface area contributed by atoms with Gasteiger partial charge >= 0.3 is 0 Å². The van der Waals surface area contributed by atoms with E-state index in [1.807, 2.05) is 0 Å². The number of benzene rings is 1. The second-order valence-electron chi connectivity index (χ2n) is 4.49. The summed E-state index contributed by atoms with van der Waals surface area (Å²) < 4.78 is 2.07. The third-order valence-electron chi connectivity index (χ3n) is 2.91. The minimum absolute atomic E-state index is 0.0803. The van der Waals surface area contributed by atoms with Crippen molar-refractivity contribution in [3.8, 4) is 0 Å². The van der Waals surface area contributed by atoms with E-state index in [9.17, 15) is 9.59 Å². The summed E-state index contributed by atoms with van der Waals surface area (Å²) in [7, 11) is 1.52. The summed E-state index contributed by atoms with van der Waals surface area (Å²) >= 11 is 9.24. The summed E-state index contributed by atoms with van der Waals surface area (Å²) in [6.45, 7) is 0.817. The van der Waals surface area contributed by atoms with Crippen LogP contribution in [-0.4, -0.2) is 28.8 Å². The maximum Gasteiger partial charge on any atom is 0.287 e. The standard InChI is InChI=1S/C14H14BrClN4O2/c1-20-14(22)12(16)11(8-19-20)17-6-7-18-13(21)9-2-4-10(15)5-3-9/h2-5,8,17H,6-7H2,1H3,(H,18,21). The Labute approximate surface area is 140 Å². The lowest BCUT2D eigenvalue weighted by Gasteiger charge is -2.09. The van der Waals surface area contributed by atoms with Gasteiger partial charge in [-0.3, -0.25) is 9.59 Å². The first-order chi connectivity index (χ1) is 10.5. The normalized spacial score (nSPS) is 10.3. The van der Waals surface area contributed by atoms with Gasteiger partial charge in [0.1, 0.15) is 5.02 Å². The lowest BCUT2D eigenvalue weighted by atomic mass is 10.2. The number of amides is 1. The molecule has 0 bridgehead atoms. The summed E-state index contributed by atoms with van der Waals surface area (Å²) in [5.41, 5.74) is 0.657. The van der Waals surface area contributed by atoms with Gasteiger partial charge in [0.2, 0.25) is 0 Å². The number of nitrogens with zero attached hydrogens (tertiary/aromatic N) is 2. The third-order valence-corrected chi connectivity index (χ3v) is 3.80. The van der Waals surface area contributed by atoms with Crippen LogP contribution in [0.25, 0.3) is 0 Å². The predicted octanol–water partition coefficient (Wildman–Crippen LogP) is 2.04. The van der Waals surface area contributed by atoms with Gasteiger partial charge < -0.3 is 10.6 Å². The maximum atomic E-state index is 11.9. The zero-order valence-electron chi connectivity index (χ0n) is 11.8. The van der Waals surface area contributed by atoms with Crippen molar-refractivity contribution in [2.45, 2.75) is 0 Å². The van der Waals surface area contributed by atoms with Gasteiger partial charge in [-0.2, -0.15) is 5.10 Å². The second kappa shape index (κ2) is 7.42. The number of rotatable bonds is 5. The van der Waals surface area contributed by atoms with Crippen molar-refractivity contribution in [3.05, 3.63) is 55.9 Å². The molecule has 2 aromatic rings. The van der Waals surface area contributed by atoms with E-state index in [-0.39, 0.29) is 16.5 Å². The van der Waals surface area contributed by atoms with Crippen LogP contribution < -0.4 is 16.2 Å². The van der Waals surface area contributed by atoms with Crippen molar-refractivity contribution in [1.82, 2.24) is 15.1 Å². The molecule has 2 rings (SSSR count). The number of hydrogen-bond acceptors (Lipinski definition) is 4. The average molecular weight is 386 g/mol. The highest BCUT2D eigenvalue weighted by molar-refractivity contribution is 9.10. The Morgan fingerprint density at radius 3 is 2.68 bits per heavy atom. The zero-order valence-corrected chi connectivity index (χ0v) is 14.1. The van der Waals surface area contributed by atoms with Crippen molar-refractivity contribution in [2.24, 2.45) is 7.05 Å². The van der Waals surface area contributed by atoms with E-state index in [4.69, 9.17) is 11.6 Å². The number of nitrogens with one attached hydrogen (secondary N) is 2. The third kappa shape index (κ3) is 4.08. The quantitative estimate of drug-likeness (QED) is 0.772. The summed E-state index contributed by atoms with van der Waals surface area (Å²) in [5.74, 6) is -0.164. The van der Waals surface area contributed by atoms with E-state index in [2.05, 4.69) is 31.7 Å². The van der Waals surface area contributed by atoms with Gasteiger partial charge in [0, 0.05) is 30.2 Å². The Bertz CT molecular complexity index is 731. The number of aromatic nitrogens is 2. The van der Waals surface area contributed by atoms with Crippen LogP contribution in [0.4, 0.5) is 5.69 Å². The lowest BCUT2D eigenvalue weighted by molar-refractivity contribution is 0.0955. The molecule has 1 aromatic heterocycles.